The van der Waals surface area contributed by atoms with E-state index in [-0.39, 0.29) is 10.3 Å². The Bertz CT molecular complexity index is 706. The molecule has 0 radical (unpaired) electrons. The predicted octanol–water partition coefficient (Wildman–Crippen LogP) is 4.49. The average Bonchev–Trinajstić information content (AvgIpc) is 2.52. The first kappa shape index (κ1) is 21.9. The Labute approximate surface area is 153 Å². The van der Waals surface area contributed by atoms with Crippen molar-refractivity contribution in [3.05, 3.63) is 41.0 Å². The molecule has 0 aromatic heterocycles. The zero-order valence-corrected chi connectivity index (χ0v) is 17.2. The Morgan fingerprint density at radius 3 is 2.52 bits per heavy atom. The zero-order valence-electron chi connectivity index (χ0n) is 16.4. The molecule has 0 heterocycles. The van der Waals surface area contributed by atoms with Gasteiger partial charge in [0, 0.05) is 5.41 Å². The Hall–Kier alpha value is -1.17. The minimum Gasteiger partial charge on any atom is -0.320 e. The van der Waals surface area contributed by atoms with Crippen LogP contribution in [0.15, 0.2) is 34.7 Å². The van der Waals surface area contributed by atoms with E-state index in [0.717, 1.165) is 36.9 Å². The van der Waals surface area contributed by atoms with Crippen molar-refractivity contribution in [1.29, 1.82) is 0 Å². The minimum absolute atomic E-state index is 0.0463. The molecule has 1 unspecified atom stereocenters. The molecule has 5 heteroatoms. The van der Waals surface area contributed by atoms with Gasteiger partial charge in [0.1, 0.15) is 0 Å². The normalized spacial score (nSPS) is 14.6. The third-order valence-corrected chi connectivity index (χ3v) is 6.03. The molecule has 0 amide bonds. The molecule has 0 saturated carbocycles. The van der Waals surface area contributed by atoms with Crippen molar-refractivity contribution < 1.29 is 13.0 Å². The molecule has 142 valence electrons. The lowest BCUT2D eigenvalue weighted by Crippen LogP contribution is -2.22. The molecule has 1 aromatic rings. The van der Waals surface area contributed by atoms with E-state index in [2.05, 4.69) is 39.1 Å². The molecule has 0 aliphatic heterocycles. The van der Waals surface area contributed by atoms with Crippen molar-refractivity contribution in [1.82, 2.24) is 5.32 Å². The summed E-state index contributed by atoms with van der Waals surface area (Å²) in [7, 11) is -2.23. The summed E-state index contributed by atoms with van der Waals surface area (Å²) in [4.78, 5) is -0.0463. The first-order valence-electron chi connectivity index (χ1n) is 8.96. The molecule has 2 N–H and O–H groups in total. The molecule has 0 bridgehead atoms. The Kier molecular flexibility index (Phi) is 7.85. The van der Waals surface area contributed by atoms with E-state index in [1.807, 2.05) is 14.0 Å². The van der Waals surface area contributed by atoms with E-state index < -0.39 is 10.1 Å². The summed E-state index contributed by atoms with van der Waals surface area (Å²) in [5, 5.41) is 3.18. The summed E-state index contributed by atoms with van der Waals surface area (Å²) < 4.78 is 32.4. The maximum absolute atomic E-state index is 11.5. The van der Waals surface area contributed by atoms with Gasteiger partial charge in [-0.15, -0.1) is 0 Å². The second-order valence-corrected chi connectivity index (χ2v) is 8.76. The SMILES string of the molecule is CCC(/C=C(\C)C(C)(C)c1cc(S(=O)(=O)O)ccc1C)CCCNC. The fourth-order valence-electron chi connectivity index (χ4n) is 3.16. The number of allylic oxidation sites excluding steroid dienone is 2. The monoisotopic (exact) mass is 367 g/mol. The maximum atomic E-state index is 11.5. The van der Waals surface area contributed by atoms with Crippen LogP contribution in [0.5, 0.6) is 0 Å². The van der Waals surface area contributed by atoms with Gasteiger partial charge in [0.15, 0.2) is 0 Å². The molecule has 4 nitrogen and oxygen atoms in total. The highest BCUT2D eigenvalue weighted by molar-refractivity contribution is 7.85. The van der Waals surface area contributed by atoms with Gasteiger partial charge >= 0.3 is 0 Å². The van der Waals surface area contributed by atoms with E-state index in [1.54, 1.807) is 12.1 Å². The summed E-state index contributed by atoms with van der Waals surface area (Å²) >= 11 is 0. The third-order valence-electron chi connectivity index (χ3n) is 5.18. The van der Waals surface area contributed by atoms with E-state index in [0.29, 0.717) is 5.92 Å². The van der Waals surface area contributed by atoms with E-state index in [1.165, 1.54) is 11.6 Å². The average molecular weight is 368 g/mol. The smallest absolute Gasteiger partial charge is 0.294 e. The Balaban J connectivity index is 3.19. The topological polar surface area (TPSA) is 66.4 Å². The maximum Gasteiger partial charge on any atom is 0.294 e. The molecule has 1 atom stereocenters. The molecule has 1 aromatic carbocycles. The van der Waals surface area contributed by atoms with Gasteiger partial charge in [0.25, 0.3) is 10.1 Å². The van der Waals surface area contributed by atoms with Crippen molar-refractivity contribution in [3.8, 4) is 0 Å². The molecule has 0 aliphatic rings. The molecule has 0 fully saturated rings. The Morgan fingerprint density at radius 1 is 1.36 bits per heavy atom. The molecule has 0 aliphatic carbocycles. The quantitative estimate of drug-likeness (QED) is 0.383. The Morgan fingerprint density at radius 2 is 2.00 bits per heavy atom. The summed E-state index contributed by atoms with van der Waals surface area (Å²) in [6.45, 7) is 11.5. The summed E-state index contributed by atoms with van der Waals surface area (Å²) in [5.74, 6) is 0.512. The number of aryl methyl sites for hydroxylation is 1. The van der Waals surface area contributed by atoms with Gasteiger partial charge < -0.3 is 5.32 Å². The summed E-state index contributed by atoms with van der Waals surface area (Å²) in [5.41, 5.74) is 2.87. The van der Waals surface area contributed by atoms with Crippen molar-refractivity contribution in [2.75, 3.05) is 13.6 Å². The molecule has 1 rings (SSSR count). The van der Waals surface area contributed by atoms with Gasteiger partial charge in [0.2, 0.25) is 0 Å². The van der Waals surface area contributed by atoms with Gasteiger partial charge in [-0.25, -0.2) is 0 Å². The van der Waals surface area contributed by atoms with Gasteiger partial charge in [-0.3, -0.25) is 4.55 Å². The first-order valence-corrected chi connectivity index (χ1v) is 10.4. The lowest BCUT2D eigenvalue weighted by molar-refractivity contribution is 0.482. The fourth-order valence-corrected chi connectivity index (χ4v) is 3.66. The number of nitrogens with one attached hydrogen (secondary N) is 1. The van der Waals surface area contributed by atoms with Crippen LogP contribution in [-0.2, 0) is 15.5 Å². The molecule has 0 spiro atoms. The van der Waals surface area contributed by atoms with Crippen LogP contribution >= 0.6 is 0 Å². The number of hydrogen-bond donors (Lipinski definition) is 2. The summed E-state index contributed by atoms with van der Waals surface area (Å²) in [6.07, 6.45) is 5.68. The van der Waals surface area contributed by atoms with Crippen molar-refractivity contribution in [2.45, 2.75) is 64.2 Å². The first-order chi connectivity index (χ1) is 11.5. The molecular formula is C20H33NO3S. The largest absolute Gasteiger partial charge is 0.320 e. The van der Waals surface area contributed by atoms with Crippen LogP contribution in [0.3, 0.4) is 0 Å². The molecule has 25 heavy (non-hydrogen) atoms. The van der Waals surface area contributed by atoms with Crippen molar-refractivity contribution >= 4 is 10.1 Å². The highest BCUT2D eigenvalue weighted by Crippen LogP contribution is 2.36. The third kappa shape index (κ3) is 5.94. The number of rotatable bonds is 9. The minimum atomic E-state index is -4.20. The van der Waals surface area contributed by atoms with Gasteiger partial charge in [-0.05, 0) is 75.9 Å². The van der Waals surface area contributed by atoms with Crippen LogP contribution in [0.2, 0.25) is 0 Å². The van der Waals surface area contributed by atoms with Gasteiger partial charge in [0.05, 0.1) is 4.90 Å². The van der Waals surface area contributed by atoms with Crippen molar-refractivity contribution in [2.24, 2.45) is 5.92 Å². The highest BCUT2D eigenvalue weighted by Gasteiger charge is 2.27. The van der Waals surface area contributed by atoms with Crippen LogP contribution in [0.1, 0.15) is 58.1 Å². The lowest BCUT2D eigenvalue weighted by atomic mass is 9.75. The second kappa shape index (κ2) is 8.97. The number of benzene rings is 1. The van der Waals surface area contributed by atoms with Crippen LogP contribution in [0, 0.1) is 12.8 Å². The van der Waals surface area contributed by atoms with Gasteiger partial charge in [-0.2, -0.15) is 8.42 Å². The fraction of sp³-hybridized carbons (Fsp3) is 0.600. The standard InChI is InChI=1S/C20H33NO3S/c1-7-17(9-8-12-21-6)13-16(3)20(4,5)19-14-18(25(22,23)24)11-10-15(19)2/h10-11,13-14,17,21H,7-9,12H2,1-6H3,(H,22,23,24)/b16-13+. The van der Waals surface area contributed by atoms with Crippen molar-refractivity contribution in [3.63, 3.8) is 0 Å². The van der Waals surface area contributed by atoms with E-state index >= 15 is 0 Å². The molecular weight excluding hydrogens is 334 g/mol. The van der Waals surface area contributed by atoms with Crippen LogP contribution in [0.25, 0.3) is 0 Å². The summed E-state index contributed by atoms with van der Waals surface area (Å²) in [6, 6.07) is 4.82. The van der Waals surface area contributed by atoms with Crippen LogP contribution in [0.4, 0.5) is 0 Å². The predicted molar refractivity (Wildman–Crippen MR) is 105 cm³/mol. The lowest BCUT2D eigenvalue weighted by Gasteiger charge is -2.30. The highest BCUT2D eigenvalue weighted by atomic mass is 32.2. The zero-order chi connectivity index (χ0) is 19.3. The van der Waals surface area contributed by atoms with Gasteiger partial charge in [-0.1, -0.05) is 38.5 Å². The second-order valence-electron chi connectivity index (χ2n) is 7.34. The van der Waals surface area contributed by atoms with E-state index in [9.17, 15) is 13.0 Å². The van der Waals surface area contributed by atoms with E-state index in [4.69, 9.17) is 0 Å². The molecule has 0 saturated heterocycles. The van der Waals surface area contributed by atoms with Crippen LogP contribution < -0.4 is 5.32 Å². The number of hydrogen-bond acceptors (Lipinski definition) is 3. The van der Waals surface area contributed by atoms with Crippen LogP contribution in [-0.4, -0.2) is 26.6 Å².